The van der Waals surface area contributed by atoms with E-state index in [2.05, 4.69) is 29.4 Å². The number of nitrogens with one attached hydrogen (secondary N) is 2. The van der Waals surface area contributed by atoms with Crippen molar-refractivity contribution in [2.75, 3.05) is 29.9 Å². The van der Waals surface area contributed by atoms with E-state index in [1.807, 2.05) is 66.7 Å². The molecule has 4 rings (SSSR count). The molecular formula is C26H28N4O3. The highest BCUT2D eigenvalue weighted by Crippen LogP contribution is 2.31. The molecule has 3 aromatic carbocycles. The zero-order chi connectivity index (χ0) is 23.6. The summed E-state index contributed by atoms with van der Waals surface area (Å²) >= 11 is 0. The van der Waals surface area contributed by atoms with Gasteiger partial charge in [0.25, 0.3) is 5.91 Å². The minimum absolute atomic E-state index is 0.356. The van der Waals surface area contributed by atoms with Crippen LogP contribution in [0, 0.1) is 0 Å². The number of anilines is 2. The van der Waals surface area contributed by atoms with Crippen molar-refractivity contribution in [2.24, 2.45) is 0 Å². The molecule has 0 saturated carbocycles. The van der Waals surface area contributed by atoms with E-state index >= 15 is 0 Å². The highest BCUT2D eigenvalue weighted by Gasteiger charge is 2.49. The molecule has 7 heteroatoms. The molecule has 2 N–H and O–H groups in total. The van der Waals surface area contributed by atoms with Gasteiger partial charge in [0.1, 0.15) is 12.1 Å². The van der Waals surface area contributed by atoms with E-state index in [0.29, 0.717) is 11.3 Å². The van der Waals surface area contributed by atoms with E-state index in [1.54, 1.807) is 6.92 Å². The van der Waals surface area contributed by atoms with Crippen molar-refractivity contribution < 1.29 is 14.4 Å². The van der Waals surface area contributed by atoms with E-state index in [-0.39, 0.29) is 6.54 Å². The summed E-state index contributed by atoms with van der Waals surface area (Å²) in [6.45, 7) is 7.27. The topological polar surface area (TPSA) is 81.8 Å². The number of carbonyl (C=O) groups is 3. The molecule has 170 valence electrons. The van der Waals surface area contributed by atoms with Crippen LogP contribution in [0.25, 0.3) is 10.8 Å². The van der Waals surface area contributed by atoms with Gasteiger partial charge in [-0.2, -0.15) is 0 Å². The van der Waals surface area contributed by atoms with Crippen molar-refractivity contribution in [3.63, 3.8) is 0 Å². The van der Waals surface area contributed by atoms with Crippen LogP contribution in [-0.4, -0.2) is 42.4 Å². The van der Waals surface area contributed by atoms with Crippen molar-refractivity contribution in [1.29, 1.82) is 0 Å². The van der Waals surface area contributed by atoms with Gasteiger partial charge in [0.15, 0.2) is 0 Å². The van der Waals surface area contributed by atoms with Crippen molar-refractivity contribution >= 4 is 40.0 Å². The monoisotopic (exact) mass is 444 g/mol. The Bertz CT molecular complexity index is 1200. The molecular weight excluding hydrogens is 416 g/mol. The molecule has 0 spiro atoms. The Balaban J connectivity index is 1.46. The van der Waals surface area contributed by atoms with Crippen LogP contribution in [0.1, 0.15) is 26.3 Å². The van der Waals surface area contributed by atoms with E-state index in [0.717, 1.165) is 34.4 Å². The Morgan fingerprint density at radius 2 is 1.64 bits per heavy atom. The van der Waals surface area contributed by atoms with Crippen LogP contribution in [-0.2, 0) is 15.1 Å². The van der Waals surface area contributed by atoms with Gasteiger partial charge in [-0.3, -0.25) is 14.5 Å². The van der Waals surface area contributed by atoms with Crippen molar-refractivity contribution in [3.05, 3.63) is 72.3 Å². The van der Waals surface area contributed by atoms with Crippen LogP contribution in [0.15, 0.2) is 66.7 Å². The van der Waals surface area contributed by atoms with Crippen LogP contribution in [0.5, 0.6) is 0 Å². The molecule has 0 radical (unpaired) electrons. The van der Waals surface area contributed by atoms with E-state index in [9.17, 15) is 14.4 Å². The molecule has 4 amide bonds. The number of hydrogen-bond acceptors (Lipinski definition) is 4. The lowest BCUT2D eigenvalue weighted by molar-refractivity contribution is -0.133. The fourth-order valence-corrected chi connectivity index (χ4v) is 4.22. The lowest BCUT2D eigenvalue weighted by Crippen LogP contribution is -2.42. The summed E-state index contributed by atoms with van der Waals surface area (Å²) in [4.78, 5) is 41.6. The Kier molecular flexibility index (Phi) is 6.05. The zero-order valence-electron chi connectivity index (χ0n) is 19.1. The zero-order valence-corrected chi connectivity index (χ0v) is 19.1. The fourth-order valence-electron chi connectivity index (χ4n) is 4.22. The number of amides is 4. The first-order valence-electron chi connectivity index (χ1n) is 11.1. The largest absolute Gasteiger partial charge is 0.372 e. The normalized spacial score (nSPS) is 17.8. The highest BCUT2D eigenvalue weighted by molar-refractivity contribution is 6.10. The number of fused-ring (bicyclic) bond motifs is 1. The molecule has 1 atom stereocenters. The number of carbonyl (C=O) groups excluding carboxylic acids is 3. The highest BCUT2D eigenvalue weighted by atomic mass is 16.2. The molecule has 7 nitrogen and oxygen atoms in total. The lowest BCUT2D eigenvalue weighted by Gasteiger charge is -2.23. The molecule has 0 aliphatic carbocycles. The summed E-state index contributed by atoms with van der Waals surface area (Å²) in [5.41, 5.74) is 1.13. The van der Waals surface area contributed by atoms with Gasteiger partial charge in [0, 0.05) is 24.5 Å². The maximum absolute atomic E-state index is 13.2. The number of imide groups is 1. The smallest absolute Gasteiger partial charge is 0.325 e. The molecule has 1 fully saturated rings. The average molecular weight is 445 g/mol. The quantitative estimate of drug-likeness (QED) is 0.538. The number of rotatable bonds is 7. The summed E-state index contributed by atoms with van der Waals surface area (Å²) < 4.78 is 0. The molecule has 1 saturated heterocycles. The molecule has 33 heavy (non-hydrogen) atoms. The SMILES string of the molecule is CCN(CC)c1ccc(NC(=O)CN2C(=O)NC(C)(c3ccc4ccccc4c3)C2=O)cc1. The minimum atomic E-state index is -1.23. The number of nitrogens with zero attached hydrogens (tertiary/aromatic N) is 2. The lowest BCUT2D eigenvalue weighted by atomic mass is 9.90. The van der Waals surface area contributed by atoms with Crippen molar-refractivity contribution in [1.82, 2.24) is 10.2 Å². The van der Waals surface area contributed by atoms with Crippen molar-refractivity contribution in [3.8, 4) is 0 Å². The van der Waals surface area contributed by atoms with Gasteiger partial charge in [-0.05, 0) is 67.4 Å². The third-order valence-electron chi connectivity index (χ3n) is 6.18. The molecule has 1 aliphatic rings. The maximum atomic E-state index is 13.2. The van der Waals surface area contributed by atoms with Crippen LogP contribution in [0.3, 0.4) is 0 Å². The van der Waals surface area contributed by atoms with Gasteiger partial charge in [-0.1, -0.05) is 36.4 Å². The molecule has 1 aliphatic heterocycles. The van der Waals surface area contributed by atoms with Gasteiger partial charge in [-0.15, -0.1) is 0 Å². The minimum Gasteiger partial charge on any atom is -0.372 e. The van der Waals surface area contributed by atoms with Gasteiger partial charge < -0.3 is 15.5 Å². The summed E-state index contributed by atoms with van der Waals surface area (Å²) in [7, 11) is 0. The van der Waals surface area contributed by atoms with E-state index in [1.165, 1.54) is 0 Å². The van der Waals surface area contributed by atoms with Crippen LogP contribution >= 0.6 is 0 Å². The summed E-state index contributed by atoms with van der Waals surface area (Å²) in [5.74, 6) is -0.883. The Morgan fingerprint density at radius 3 is 2.30 bits per heavy atom. The number of urea groups is 1. The number of benzene rings is 3. The molecule has 0 bridgehead atoms. The predicted molar refractivity (Wildman–Crippen MR) is 130 cm³/mol. The molecule has 0 aromatic heterocycles. The van der Waals surface area contributed by atoms with Gasteiger partial charge in [0.05, 0.1) is 0 Å². The fraction of sp³-hybridized carbons (Fsp3) is 0.269. The third kappa shape index (κ3) is 4.26. The van der Waals surface area contributed by atoms with Crippen LogP contribution in [0.4, 0.5) is 16.2 Å². The molecule has 1 unspecified atom stereocenters. The first-order valence-corrected chi connectivity index (χ1v) is 11.1. The van der Waals surface area contributed by atoms with E-state index < -0.39 is 23.4 Å². The Hall–Kier alpha value is -3.87. The first-order chi connectivity index (χ1) is 15.9. The summed E-state index contributed by atoms with van der Waals surface area (Å²) in [6, 6.07) is 20.4. The second-order valence-corrected chi connectivity index (χ2v) is 8.28. The third-order valence-corrected chi connectivity index (χ3v) is 6.18. The van der Waals surface area contributed by atoms with Crippen LogP contribution in [0.2, 0.25) is 0 Å². The molecule has 1 heterocycles. The second-order valence-electron chi connectivity index (χ2n) is 8.28. The van der Waals surface area contributed by atoms with Crippen LogP contribution < -0.4 is 15.5 Å². The van der Waals surface area contributed by atoms with E-state index in [4.69, 9.17) is 0 Å². The predicted octanol–water partition coefficient (Wildman–Crippen LogP) is 4.09. The molecule has 3 aromatic rings. The standard InChI is InChI=1S/C26H28N4O3/c1-4-29(5-2)22-14-12-21(13-15-22)27-23(31)17-30-24(32)26(3,28-25(30)33)20-11-10-18-8-6-7-9-19(18)16-20/h6-16H,4-5,17H2,1-3H3,(H,27,31)(H,28,33). The summed E-state index contributed by atoms with van der Waals surface area (Å²) in [5, 5.41) is 7.56. The maximum Gasteiger partial charge on any atom is 0.325 e. The Morgan fingerprint density at radius 1 is 0.970 bits per heavy atom. The first kappa shape index (κ1) is 22.3. The van der Waals surface area contributed by atoms with Gasteiger partial charge in [0.2, 0.25) is 5.91 Å². The van der Waals surface area contributed by atoms with Crippen molar-refractivity contribution in [2.45, 2.75) is 26.3 Å². The van der Waals surface area contributed by atoms with Gasteiger partial charge in [-0.25, -0.2) is 4.79 Å². The van der Waals surface area contributed by atoms with Gasteiger partial charge >= 0.3 is 6.03 Å². The second kappa shape index (κ2) is 8.94. The summed E-state index contributed by atoms with van der Waals surface area (Å²) in [6.07, 6.45) is 0. The Labute approximate surface area is 193 Å². The average Bonchev–Trinajstić information content (AvgIpc) is 3.04. The number of hydrogen-bond donors (Lipinski definition) is 2.